The number of carbonyl (C=O) groups excluding carboxylic acids is 1. The van der Waals surface area contributed by atoms with Gasteiger partial charge in [0.1, 0.15) is 11.3 Å². The summed E-state index contributed by atoms with van der Waals surface area (Å²) in [6.07, 6.45) is 2.69. The Balaban J connectivity index is 1.23. The summed E-state index contributed by atoms with van der Waals surface area (Å²) in [6, 6.07) is 9.86. The number of furan rings is 1. The van der Waals surface area contributed by atoms with Gasteiger partial charge in [0, 0.05) is 50.1 Å². The lowest BCUT2D eigenvalue weighted by molar-refractivity contribution is 0.0430. The molecule has 146 valence electrons. The van der Waals surface area contributed by atoms with Crippen molar-refractivity contribution in [3.05, 3.63) is 41.4 Å². The van der Waals surface area contributed by atoms with Crippen molar-refractivity contribution in [3.8, 4) is 10.8 Å². The zero-order chi connectivity index (χ0) is 18.9. The summed E-state index contributed by atoms with van der Waals surface area (Å²) < 4.78 is 11.6. The SMILES string of the molecule is O=C(c1csc(-c2cc3ccccc3o2)n1)N1CCN(C[C@H]2CCCO2)CC1. The van der Waals surface area contributed by atoms with Crippen LogP contribution in [0.4, 0.5) is 0 Å². The van der Waals surface area contributed by atoms with Gasteiger partial charge < -0.3 is 14.1 Å². The molecule has 0 radical (unpaired) electrons. The van der Waals surface area contributed by atoms with Crippen LogP contribution in [-0.4, -0.2) is 66.1 Å². The van der Waals surface area contributed by atoms with E-state index >= 15 is 0 Å². The van der Waals surface area contributed by atoms with E-state index in [1.165, 1.54) is 17.8 Å². The van der Waals surface area contributed by atoms with E-state index in [-0.39, 0.29) is 5.91 Å². The van der Waals surface area contributed by atoms with Gasteiger partial charge in [0.25, 0.3) is 5.91 Å². The number of para-hydroxylation sites is 1. The number of hydrogen-bond acceptors (Lipinski definition) is 6. The van der Waals surface area contributed by atoms with Gasteiger partial charge in [-0.05, 0) is 25.0 Å². The molecule has 0 spiro atoms. The lowest BCUT2D eigenvalue weighted by Crippen LogP contribution is -2.50. The molecule has 1 amide bonds. The maximum Gasteiger partial charge on any atom is 0.273 e. The van der Waals surface area contributed by atoms with E-state index in [0.29, 0.717) is 17.6 Å². The molecule has 0 unspecified atom stereocenters. The van der Waals surface area contributed by atoms with Crippen molar-refractivity contribution in [2.45, 2.75) is 18.9 Å². The van der Waals surface area contributed by atoms with Gasteiger partial charge in [-0.25, -0.2) is 4.98 Å². The molecular formula is C21H23N3O3S. The van der Waals surface area contributed by atoms with Gasteiger partial charge in [0.05, 0.1) is 6.10 Å². The predicted octanol–water partition coefficient (Wildman–Crippen LogP) is 3.49. The lowest BCUT2D eigenvalue weighted by Gasteiger charge is -2.35. The summed E-state index contributed by atoms with van der Waals surface area (Å²) >= 11 is 1.45. The molecule has 2 saturated heterocycles. The molecular weight excluding hydrogens is 374 g/mol. The molecule has 0 aliphatic carbocycles. The van der Waals surface area contributed by atoms with Gasteiger partial charge in [-0.15, -0.1) is 11.3 Å². The van der Waals surface area contributed by atoms with E-state index in [9.17, 15) is 4.79 Å². The molecule has 3 aromatic rings. The van der Waals surface area contributed by atoms with Crippen molar-refractivity contribution in [2.24, 2.45) is 0 Å². The minimum absolute atomic E-state index is 0.00961. The predicted molar refractivity (Wildman–Crippen MR) is 109 cm³/mol. The number of rotatable bonds is 4. The van der Waals surface area contributed by atoms with E-state index in [0.717, 1.165) is 61.7 Å². The number of aromatic nitrogens is 1. The third-order valence-corrected chi connectivity index (χ3v) is 6.36. The standard InChI is InChI=1S/C21H23N3O3S/c25-21(24-9-7-23(8-10-24)13-16-5-3-11-26-16)17-14-28-20(22-17)19-12-15-4-1-2-6-18(15)27-19/h1-2,4,6,12,14,16H,3,5,7-11,13H2/t16-/m1/s1. The highest BCUT2D eigenvalue weighted by Gasteiger charge is 2.26. The molecule has 2 aliphatic rings. The second kappa shape index (κ2) is 7.66. The number of piperazine rings is 1. The zero-order valence-corrected chi connectivity index (χ0v) is 16.5. The third-order valence-electron chi connectivity index (χ3n) is 5.50. The molecule has 0 bridgehead atoms. The lowest BCUT2D eigenvalue weighted by atomic mass is 10.2. The Hall–Kier alpha value is -2.22. The van der Waals surface area contributed by atoms with Crippen LogP contribution in [0.15, 0.2) is 40.1 Å². The molecule has 4 heterocycles. The Kier molecular flexibility index (Phi) is 4.88. The smallest absolute Gasteiger partial charge is 0.273 e. The van der Waals surface area contributed by atoms with Gasteiger partial charge in [0.15, 0.2) is 10.8 Å². The van der Waals surface area contributed by atoms with Crippen molar-refractivity contribution in [2.75, 3.05) is 39.3 Å². The highest BCUT2D eigenvalue weighted by molar-refractivity contribution is 7.13. The van der Waals surface area contributed by atoms with E-state index in [1.807, 2.05) is 40.6 Å². The van der Waals surface area contributed by atoms with Crippen molar-refractivity contribution >= 4 is 28.2 Å². The average Bonchev–Trinajstić information content (AvgIpc) is 3.47. The first-order chi connectivity index (χ1) is 13.8. The summed E-state index contributed by atoms with van der Waals surface area (Å²) in [7, 11) is 0. The van der Waals surface area contributed by atoms with E-state index in [4.69, 9.17) is 9.15 Å². The van der Waals surface area contributed by atoms with Crippen molar-refractivity contribution < 1.29 is 13.9 Å². The second-order valence-electron chi connectivity index (χ2n) is 7.41. The van der Waals surface area contributed by atoms with Crippen LogP contribution in [0, 0.1) is 0 Å². The average molecular weight is 398 g/mol. The molecule has 1 atom stereocenters. The largest absolute Gasteiger partial charge is 0.454 e. The highest BCUT2D eigenvalue weighted by Crippen LogP contribution is 2.30. The maximum atomic E-state index is 12.9. The molecule has 0 saturated carbocycles. The van der Waals surface area contributed by atoms with Gasteiger partial charge in [-0.1, -0.05) is 18.2 Å². The minimum atomic E-state index is 0.00961. The van der Waals surface area contributed by atoms with Crippen molar-refractivity contribution in [3.63, 3.8) is 0 Å². The number of ether oxygens (including phenoxy) is 1. The molecule has 2 aromatic heterocycles. The van der Waals surface area contributed by atoms with Gasteiger partial charge in [0.2, 0.25) is 0 Å². The molecule has 5 rings (SSSR count). The van der Waals surface area contributed by atoms with Crippen LogP contribution in [0.25, 0.3) is 21.7 Å². The van der Waals surface area contributed by atoms with E-state index in [2.05, 4.69) is 9.88 Å². The van der Waals surface area contributed by atoms with Crippen molar-refractivity contribution in [1.29, 1.82) is 0 Å². The first-order valence-corrected chi connectivity index (χ1v) is 10.7. The van der Waals surface area contributed by atoms with Crippen LogP contribution in [0.1, 0.15) is 23.3 Å². The summed E-state index contributed by atoms with van der Waals surface area (Å²) in [6.45, 7) is 5.14. The summed E-state index contributed by atoms with van der Waals surface area (Å²) in [5.74, 6) is 0.724. The Morgan fingerprint density at radius 1 is 1.21 bits per heavy atom. The molecule has 1 aromatic carbocycles. The molecule has 28 heavy (non-hydrogen) atoms. The zero-order valence-electron chi connectivity index (χ0n) is 15.7. The highest BCUT2D eigenvalue weighted by atomic mass is 32.1. The van der Waals surface area contributed by atoms with Gasteiger partial charge >= 0.3 is 0 Å². The molecule has 7 heteroatoms. The number of carbonyl (C=O) groups is 1. The fraction of sp³-hybridized carbons (Fsp3) is 0.429. The molecule has 6 nitrogen and oxygen atoms in total. The van der Waals surface area contributed by atoms with Crippen molar-refractivity contribution in [1.82, 2.24) is 14.8 Å². The van der Waals surface area contributed by atoms with Crippen LogP contribution in [-0.2, 0) is 4.74 Å². The minimum Gasteiger partial charge on any atom is -0.454 e. The van der Waals surface area contributed by atoms with Crippen LogP contribution >= 0.6 is 11.3 Å². The Morgan fingerprint density at radius 3 is 2.86 bits per heavy atom. The Morgan fingerprint density at radius 2 is 2.07 bits per heavy atom. The third kappa shape index (κ3) is 3.57. The summed E-state index contributed by atoms with van der Waals surface area (Å²) in [5.41, 5.74) is 1.34. The Bertz CT molecular complexity index is 935. The van der Waals surface area contributed by atoms with Crippen LogP contribution in [0.2, 0.25) is 0 Å². The quantitative estimate of drug-likeness (QED) is 0.674. The van der Waals surface area contributed by atoms with Gasteiger partial charge in [-0.2, -0.15) is 0 Å². The first kappa shape index (κ1) is 17.8. The second-order valence-corrected chi connectivity index (χ2v) is 8.27. The molecule has 2 aliphatic heterocycles. The van der Waals surface area contributed by atoms with E-state index in [1.54, 1.807) is 0 Å². The number of nitrogens with zero attached hydrogens (tertiary/aromatic N) is 3. The van der Waals surface area contributed by atoms with Crippen LogP contribution in [0.3, 0.4) is 0 Å². The number of fused-ring (bicyclic) bond motifs is 1. The monoisotopic (exact) mass is 397 g/mol. The Labute approximate surface area is 167 Å². The van der Waals surface area contributed by atoms with Crippen LogP contribution < -0.4 is 0 Å². The number of benzene rings is 1. The fourth-order valence-electron chi connectivity index (χ4n) is 3.94. The topological polar surface area (TPSA) is 58.8 Å². The normalized spacial score (nSPS) is 20.9. The van der Waals surface area contributed by atoms with Gasteiger partial charge in [-0.3, -0.25) is 9.69 Å². The first-order valence-electron chi connectivity index (χ1n) is 9.84. The molecule has 0 N–H and O–H groups in total. The number of amides is 1. The summed E-state index contributed by atoms with van der Waals surface area (Å²) in [5, 5.41) is 3.63. The van der Waals surface area contributed by atoms with E-state index < -0.39 is 0 Å². The number of thiazole rings is 1. The fourth-order valence-corrected chi connectivity index (χ4v) is 4.69. The van der Waals surface area contributed by atoms with Crippen LogP contribution in [0.5, 0.6) is 0 Å². The maximum absolute atomic E-state index is 12.9. The number of hydrogen-bond donors (Lipinski definition) is 0. The molecule has 2 fully saturated rings. The summed E-state index contributed by atoms with van der Waals surface area (Å²) in [4.78, 5) is 21.7.